The zero-order valence-corrected chi connectivity index (χ0v) is 65.2. The Labute approximate surface area is 642 Å². The lowest BCUT2D eigenvalue weighted by Gasteiger charge is -2.40. The maximum atomic E-state index is 14.6. The van der Waals surface area contributed by atoms with E-state index in [9.17, 15) is 42.8 Å². The number of nitrogens with zero attached hydrogens (tertiary/aromatic N) is 7. The third-order valence-electron chi connectivity index (χ3n) is 21.8. The Hall–Kier alpha value is -8.50. The number of amides is 4. The number of hydrogen-bond donors (Lipinski definition) is 6. The van der Waals surface area contributed by atoms with Gasteiger partial charge in [0.2, 0.25) is 23.6 Å². The number of aliphatic hydroxyl groups is 1. The fourth-order valence-corrected chi connectivity index (χ4v) is 17.4. The number of piperazine rings is 1. The van der Waals surface area contributed by atoms with Crippen molar-refractivity contribution < 1.29 is 51.8 Å². The number of hydrogen-bond acceptors (Lipinski definition) is 19. The van der Waals surface area contributed by atoms with Crippen molar-refractivity contribution in [1.29, 1.82) is 0 Å². The van der Waals surface area contributed by atoms with Gasteiger partial charge in [-0.1, -0.05) is 113 Å². The van der Waals surface area contributed by atoms with Gasteiger partial charge in [-0.3, -0.25) is 34.2 Å². The second-order valence-corrected chi connectivity index (χ2v) is 34.1. The van der Waals surface area contributed by atoms with E-state index in [1.807, 2.05) is 106 Å². The molecule has 0 bridgehead atoms. The van der Waals surface area contributed by atoms with Crippen molar-refractivity contribution in [3.63, 3.8) is 0 Å². The number of benzene rings is 4. The van der Waals surface area contributed by atoms with Crippen molar-refractivity contribution in [2.45, 2.75) is 167 Å². The number of thiazole rings is 1. The molecule has 4 aliphatic heterocycles. The fraction of sp³-hybridized carbons (Fsp3) is 0.506. The Morgan fingerprint density at radius 1 is 0.880 bits per heavy atom. The summed E-state index contributed by atoms with van der Waals surface area (Å²) in [6, 6.07) is 27.0. The number of unbranched alkanes of at least 4 members (excludes halogenated alkanes) is 6. The number of carbonyl (C=O) groups excluding carboxylic acids is 4. The highest BCUT2D eigenvalue weighted by atomic mass is 35.5. The van der Waals surface area contributed by atoms with Crippen LogP contribution < -0.4 is 35.2 Å². The van der Waals surface area contributed by atoms with Gasteiger partial charge in [-0.2, -0.15) is 4.98 Å². The lowest BCUT2D eigenvalue weighted by atomic mass is 9.71. The minimum Gasteiger partial charge on any atom is -0.476 e. The zero-order chi connectivity index (χ0) is 76.3. The number of allylic oxidation sites excluding steroid dienone is 1. The van der Waals surface area contributed by atoms with Crippen LogP contribution in [0.3, 0.4) is 0 Å². The number of carbonyl (C=O) groups is 4. The second kappa shape index (κ2) is 35.5. The van der Waals surface area contributed by atoms with Crippen molar-refractivity contribution in [3.8, 4) is 16.3 Å². The molecular formula is C81H103ClN12O12S2. The molecule has 3 saturated heterocycles. The maximum absolute atomic E-state index is 14.6. The van der Waals surface area contributed by atoms with Gasteiger partial charge < -0.3 is 55.0 Å². The number of aromatic nitrogens is 3. The molecule has 7 heterocycles. The van der Waals surface area contributed by atoms with Crippen LogP contribution in [0.15, 0.2) is 119 Å². The second-order valence-electron chi connectivity index (χ2n) is 31.1. The van der Waals surface area contributed by atoms with Crippen LogP contribution in [0.2, 0.25) is 5.02 Å². The van der Waals surface area contributed by atoms with Crippen LogP contribution >= 0.6 is 22.9 Å². The number of β-amino-alcohol motifs (C(OH)–C–C–N with tert-alkyl or cyclic N) is 1. The fourth-order valence-electron chi connectivity index (χ4n) is 15.4. The van der Waals surface area contributed by atoms with E-state index in [-0.39, 0.29) is 65.7 Å². The van der Waals surface area contributed by atoms with Gasteiger partial charge in [-0.25, -0.2) is 18.1 Å². The number of aryl methyl sites for hydroxylation is 1. The molecule has 12 rings (SSSR count). The zero-order valence-electron chi connectivity index (χ0n) is 62.8. The van der Waals surface area contributed by atoms with Crippen LogP contribution in [0, 0.1) is 33.8 Å². The van der Waals surface area contributed by atoms with Gasteiger partial charge >= 0.3 is 0 Å². The van der Waals surface area contributed by atoms with Crippen LogP contribution in [0.5, 0.6) is 5.88 Å². The molecule has 1 aliphatic carbocycles. The summed E-state index contributed by atoms with van der Waals surface area (Å²) in [4.78, 5) is 89.1. The monoisotopic (exact) mass is 1530 g/mol. The standard InChI is InChI=1S/C81H103ClN12O12S2/c1-53(56-16-18-58(19-17-56)73-54(2)85-52-107-73)86-77(98)70-45-63(95)50-93(70)79(99)74(80(3,4)5)87-72(96)15-12-10-8-7-9-11-13-39-105-51-81(6)32-28-60(66(47-81)57-20-22-61(82)23-21-57)49-90-35-37-91(38-36-90)62-24-26-65(68(44-62)92-34-14-40-106-78-71(92)43-59-29-33-83-75(59)88-78)76(97)89-108(102,103)64-25-27-67(69(46-64)94(100)101)84-48-55-30-41-104-42-31-55/h16-27,29,33,43-44,46,52-53,55,63,70,74,84,95H,7-15,28,30-32,34-42,45,47-51H2,1-6H3,(H,83,88)(H,86,98)(H,87,96)(H,89,97)/t53-,63+,70-,74+,81-/m0/s1. The number of nitro benzene ring substituents is 1. The Morgan fingerprint density at radius 3 is 2.33 bits per heavy atom. The predicted octanol–water partition coefficient (Wildman–Crippen LogP) is 13.7. The van der Waals surface area contributed by atoms with Crippen molar-refractivity contribution in [1.82, 2.24) is 40.1 Å². The SMILES string of the molecule is Cc1ncsc1-c1ccc([C@H](C)NC(=O)[C@@H]2C[C@@H](O)CN2C(=O)[C@@H](NC(=O)CCCCCCCCCOC[C@@]2(C)CCC(CN3CCN(c4ccc(C(=O)NS(=O)(=O)c5ccc(NCC6CCOCC6)c([N+](=O)[O-])c5)c(N5CCCOc6nc7[nH]ccc7cc65)c4)CC3)=C(c3ccc(Cl)cc3)C2)C(C)(C)C)cc1. The number of sulfonamides is 1. The Morgan fingerprint density at radius 2 is 1.61 bits per heavy atom. The summed E-state index contributed by atoms with van der Waals surface area (Å²) in [7, 11) is -4.63. The average molecular weight is 1540 g/mol. The molecule has 108 heavy (non-hydrogen) atoms. The van der Waals surface area contributed by atoms with Gasteiger partial charge in [-0.15, -0.1) is 11.3 Å². The third-order valence-corrected chi connectivity index (χ3v) is 24.3. The maximum Gasteiger partial charge on any atom is 0.293 e. The predicted molar refractivity (Wildman–Crippen MR) is 423 cm³/mol. The van der Waals surface area contributed by atoms with E-state index in [1.54, 1.807) is 23.6 Å². The number of halogens is 1. The molecule has 4 amide bonds. The van der Waals surface area contributed by atoms with Crippen LogP contribution in [0.25, 0.3) is 27.0 Å². The molecule has 6 N–H and O–H groups in total. The molecule has 7 aromatic rings. The number of likely N-dealkylation sites (tertiary alicyclic amines) is 1. The van der Waals surface area contributed by atoms with Gasteiger partial charge in [-0.05, 0) is 159 Å². The summed E-state index contributed by atoms with van der Waals surface area (Å²) in [5.74, 6) is -1.21. The van der Waals surface area contributed by atoms with Crippen molar-refractivity contribution >= 4 is 102 Å². The molecule has 0 unspecified atom stereocenters. The quantitative estimate of drug-likeness (QED) is 0.0138. The van der Waals surface area contributed by atoms with E-state index in [2.05, 4.69) is 59.5 Å². The van der Waals surface area contributed by atoms with E-state index >= 15 is 0 Å². The summed E-state index contributed by atoms with van der Waals surface area (Å²) in [6.45, 7) is 19.4. The molecule has 5 aliphatic rings. The summed E-state index contributed by atoms with van der Waals surface area (Å²) in [6.07, 6.45) is 13.0. The molecule has 5 atom stereocenters. The highest BCUT2D eigenvalue weighted by molar-refractivity contribution is 7.90. The Kier molecular flexibility index (Phi) is 26.0. The lowest BCUT2D eigenvalue weighted by Crippen LogP contribution is -2.57. The number of fused-ring (bicyclic) bond motifs is 2. The molecule has 578 valence electrons. The number of ether oxygens (including phenoxy) is 3. The van der Waals surface area contributed by atoms with Crippen LogP contribution in [-0.4, -0.2) is 170 Å². The largest absolute Gasteiger partial charge is 0.476 e. The molecular weight excluding hydrogens is 1430 g/mol. The Bertz CT molecular complexity index is 4480. The molecule has 3 fully saturated rings. The first-order valence-corrected chi connectivity index (χ1v) is 40.9. The van der Waals surface area contributed by atoms with E-state index in [1.165, 1.54) is 28.2 Å². The number of nitro groups is 1. The highest BCUT2D eigenvalue weighted by Gasteiger charge is 2.45. The number of pyridine rings is 1. The third kappa shape index (κ3) is 19.7. The van der Waals surface area contributed by atoms with Crippen LogP contribution in [0.1, 0.15) is 164 Å². The number of rotatable bonds is 30. The lowest BCUT2D eigenvalue weighted by molar-refractivity contribution is -0.384. The Balaban J connectivity index is 0.608. The van der Waals surface area contributed by atoms with Gasteiger partial charge in [0.15, 0.2) is 0 Å². The van der Waals surface area contributed by atoms with Gasteiger partial charge in [0.25, 0.3) is 21.6 Å². The number of aliphatic hydroxyl groups excluding tert-OH is 1. The summed E-state index contributed by atoms with van der Waals surface area (Å²) >= 11 is 8.05. The molecule has 3 aromatic heterocycles. The molecule has 0 spiro atoms. The first-order valence-electron chi connectivity index (χ1n) is 38.2. The van der Waals surface area contributed by atoms with Crippen molar-refractivity contribution in [2.75, 3.05) is 101 Å². The smallest absolute Gasteiger partial charge is 0.293 e. The summed E-state index contributed by atoms with van der Waals surface area (Å²) in [5, 5.41) is 33.9. The number of nitrogens with one attached hydrogen (secondary N) is 5. The molecule has 0 saturated carbocycles. The minimum atomic E-state index is -4.63. The first-order chi connectivity index (χ1) is 51.9. The van der Waals surface area contributed by atoms with Crippen molar-refractivity contribution in [2.24, 2.45) is 16.7 Å². The minimum absolute atomic E-state index is 0.0106. The topological polar surface area (TPSA) is 296 Å². The normalized spacial score (nSPS) is 19.5. The molecule has 0 radical (unpaired) electrons. The molecule has 27 heteroatoms. The molecule has 4 aromatic carbocycles. The highest BCUT2D eigenvalue weighted by Crippen LogP contribution is 2.46. The van der Waals surface area contributed by atoms with Crippen LogP contribution in [0.4, 0.5) is 28.4 Å². The first kappa shape index (κ1) is 79.1. The van der Waals surface area contributed by atoms with Gasteiger partial charge in [0.1, 0.15) is 29.1 Å². The van der Waals surface area contributed by atoms with E-state index in [0.29, 0.717) is 100.0 Å². The van der Waals surface area contributed by atoms with E-state index in [0.717, 1.165) is 135 Å². The van der Waals surface area contributed by atoms with Gasteiger partial charge in [0, 0.05) is 113 Å². The van der Waals surface area contributed by atoms with Gasteiger partial charge in [0.05, 0.1) is 62.5 Å². The van der Waals surface area contributed by atoms with E-state index < -0.39 is 55.0 Å². The van der Waals surface area contributed by atoms with Crippen LogP contribution in [-0.2, 0) is 33.9 Å². The summed E-state index contributed by atoms with van der Waals surface area (Å²) < 4.78 is 48.7. The summed E-state index contributed by atoms with van der Waals surface area (Å²) in [5.41, 5.74) is 10.3. The number of anilines is 4. The molecule has 24 nitrogen and oxygen atoms in total. The number of H-pyrrole nitrogens is 1. The van der Waals surface area contributed by atoms with Crippen molar-refractivity contribution in [3.05, 3.63) is 152 Å². The van der Waals surface area contributed by atoms with E-state index in [4.69, 9.17) is 30.8 Å². The average Bonchev–Trinajstić information content (AvgIpc) is 1.29. The number of aromatic amines is 1.